The summed E-state index contributed by atoms with van der Waals surface area (Å²) in [5, 5.41) is 0. The number of rotatable bonds is 5. The Balaban J connectivity index is 1.73. The number of morpholine rings is 1. The van der Waals surface area contributed by atoms with Gasteiger partial charge >= 0.3 is 10.1 Å². The number of benzene rings is 2. The molecule has 1 aliphatic heterocycles. The third-order valence-electron chi connectivity index (χ3n) is 4.58. The van der Waals surface area contributed by atoms with E-state index in [1.807, 2.05) is 0 Å². The van der Waals surface area contributed by atoms with Gasteiger partial charge < -0.3 is 13.8 Å². The number of carbonyl (C=O) groups is 1. The molecule has 1 saturated heterocycles. The van der Waals surface area contributed by atoms with E-state index in [0.29, 0.717) is 5.56 Å². The van der Waals surface area contributed by atoms with Crippen molar-refractivity contribution < 1.29 is 30.9 Å². The van der Waals surface area contributed by atoms with Crippen molar-refractivity contribution in [3.8, 4) is 5.75 Å². The zero-order valence-electron chi connectivity index (χ0n) is 16.0. The molecule has 1 heterocycles. The van der Waals surface area contributed by atoms with Crippen molar-refractivity contribution in [3.05, 3.63) is 59.2 Å². The number of carbonyl (C=O) groups excluding carboxylic acids is 1. The molecule has 0 bridgehead atoms. The maximum Gasteiger partial charge on any atom is 0.339 e. The van der Waals surface area contributed by atoms with Gasteiger partial charge in [-0.25, -0.2) is 8.78 Å². The number of halogens is 2. The van der Waals surface area contributed by atoms with E-state index in [1.54, 1.807) is 26.0 Å². The van der Waals surface area contributed by atoms with Crippen molar-refractivity contribution in [2.75, 3.05) is 19.7 Å². The highest BCUT2D eigenvalue weighted by molar-refractivity contribution is 7.87. The molecule has 156 valence electrons. The first-order valence-corrected chi connectivity index (χ1v) is 10.4. The molecule has 29 heavy (non-hydrogen) atoms. The minimum atomic E-state index is -4.03. The van der Waals surface area contributed by atoms with E-state index in [2.05, 4.69) is 0 Å². The monoisotopic (exact) mass is 425 g/mol. The molecule has 0 spiro atoms. The van der Waals surface area contributed by atoms with Crippen LogP contribution in [0.15, 0.2) is 47.4 Å². The van der Waals surface area contributed by atoms with Gasteiger partial charge in [-0.3, -0.25) is 4.79 Å². The normalized spacial score (nSPS) is 17.4. The summed E-state index contributed by atoms with van der Waals surface area (Å²) in [4.78, 5) is 13.9. The molecule has 0 radical (unpaired) electrons. The predicted octanol–water partition coefficient (Wildman–Crippen LogP) is 3.18. The van der Waals surface area contributed by atoms with Crippen LogP contribution in [0.5, 0.6) is 5.75 Å². The molecule has 0 aliphatic carbocycles. The van der Waals surface area contributed by atoms with E-state index in [0.717, 1.165) is 5.56 Å². The Morgan fingerprint density at radius 3 is 2.52 bits per heavy atom. The molecular formula is C20H21F2NO5S. The smallest absolute Gasteiger partial charge is 0.339 e. The van der Waals surface area contributed by atoms with Gasteiger partial charge in [-0.05, 0) is 55.3 Å². The van der Waals surface area contributed by atoms with E-state index >= 15 is 0 Å². The van der Waals surface area contributed by atoms with Crippen LogP contribution in [-0.4, -0.2) is 51.5 Å². The lowest BCUT2D eigenvalue weighted by atomic mass is 10.1. The SMILES string of the molecule is Cc1ccc(C)c(S(=O)(=O)Oc2ccc(C(=O)N3CCO[C@@H](C(F)F)C3)cc2)c1. The first-order chi connectivity index (χ1) is 13.7. The number of hydrogen-bond donors (Lipinski definition) is 0. The molecule has 6 nitrogen and oxygen atoms in total. The van der Waals surface area contributed by atoms with Crippen LogP contribution < -0.4 is 4.18 Å². The molecule has 2 aromatic carbocycles. The summed E-state index contributed by atoms with van der Waals surface area (Å²) in [6, 6.07) is 10.6. The Bertz CT molecular complexity index is 992. The van der Waals surface area contributed by atoms with Crippen LogP contribution in [0.2, 0.25) is 0 Å². The molecule has 0 saturated carbocycles. The second-order valence-electron chi connectivity index (χ2n) is 6.83. The summed E-state index contributed by atoms with van der Waals surface area (Å²) in [5.41, 5.74) is 1.59. The minimum Gasteiger partial charge on any atom is -0.379 e. The van der Waals surface area contributed by atoms with Crippen LogP contribution in [0.3, 0.4) is 0 Å². The molecule has 1 atom stereocenters. The molecule has 0 aromatic heterocycles. The number of amides is 1. The summed E-state index contributed by atoms with van der Waals surface area (Å²) in [6.07, 6.45) is -3.98. The molecule has 3 rings (SSSR count). The summed E-state index contributed by atoms with van der Waals surface area (Å²) in [7, 11) is -4.03. The lowest BCUT2D eigenvalue weighted by Crippen LogP contribution is -2.48. The van der Waals surface area contributed by atoms with Crippen molar-refractivity contribution in [1.82, 2.24) is 4.90 Å². The molecular weight excluding hydrogens is 404 g/mol. The second-order valence-corrected chi connectivity index (χ2v) is 8.34. The molecule has 1 aliphatic rings. The van der Waals surface area contributed by atoms with Crippen molar-refractivity contribution in [2.24, 2.45) is 0 Å². The maximum atomic E-state index is 12.8. The molecule has 9 heteroatoms. The quantitative estimate of drug-likeness (QED) is 0.688. The van der Waals surface area contributed by atoms with Gasteiger partial charge in [0.2, 0.25) is 0 Å². The van der Waals surface area contributed by atoms with E-state index < -0.39 is 28.6 Å². The highest BCUT2D eigenvalue weighted by Gasteiger charge is 2.30. The Labute approximate surface area is 168 Å². The van der Waals surface area contributed by atoms with Crippen LogP contribution in [0, 0.1) is 13.8 Å². The first-order valence-electron chi connectivity index (χ1n) is 8.98. The fourth-order valence-electron chi connectivity index (χ4n) is 3.00. The zero-order chi connectivity index (χ0) is 21.2. The van der Waals surface area contributed by atoms with Gasteiger partial charge in [0.1, 0.15) is 16.7 Å². The lowest BCUT2D eigenvalue weighted by Gasteiger charge is -2.32. The summed E-state index contributed by atoms with van der Waals surface area (Å²) in [5.74, 6) is -0.377. The zero-order valence-corrected chi connectivity index (χ0v) is 16.8. The number of ether oxygens (including phenoxy) is 1. The third-order valence-corrected chi connectivity index (χ3v) is 5.97. The predicted molar refractivity (Wildman–Crippen MR) is 102 cm³/mol. The number of nitrogens with zero attached hydrogens (tertiary/aromatic N) is 1. The summed E-state index contributed by atoms with van der Waals surface area (Å²) >= 11 is 0. The van der Waals surface area contributed by atoms with Crippen LogP contribution >= 0.6 is 0 Å². The van der Waals surface area contributed by atoms with Crippen LogP contribution in [0.25, 0.3) is 0 Å². The average Bonchev–Trinajstić information content (AvgIpc) is 2.69. The van der Waals surface area contributed by atoms with Gasteiger partial charge in [0, 0.05) is 12.1 Å². The van der Waals surface area contributed by atoms with E-state index in [9.17, 15) is 22.0 Å². The highest BCUT2D eigenvalue weighted by atomic mass is 32.2. The largest absolute Gasteiger partial charge is 0.379 e. The van der Waals surface area contributed by atoms with Crippen LogP contribution in [-0.2, 0) is 14.9 Å². The Kier molecular flexibility index (Phi) is 6.18. The third kappa shape index (κ3) is 4.91. The summed E-state index contributed by atoms with van der Waals surface area (Å²) in [6.45, 7) is 3.50. The van der Waals surface area contributed by atoms with Gasteiger partial charge in [0.25, 0.3) is 12.3 Å². The Morgan fingerprint density at radius 2 is 1.86 bits per heavy atom. The summed E-state index contributed by atoms with van der Waals surface area (Å²) < 4.78 is 60.9. The second kappa shape index (κ2) is 8.46. The van der Waals surface area contributed by atoms with Crippen LogP contribution in [0.1, 0.15) is 21.5 Å². The molecule has 2 aromatic rings. The van der Waals surface area contributed by atoms with E-state index in [-0.39, 0.29) is 35.9 Å². The standard InChI is InChI=1S/C20H21F2NO5S/c1-13-3-4-14(2)18(11-13)29(25,26)28-16-7-5-15(6-8-16)20(24)23-9-10-27-17(12-23)19(21)22/h3-8,11,17,19H,9-10,12H2,1-2H3/t17-/m1/s1. The van der Waals surface area contributed by atoms with E-state index in [4.69, 9.17) is 8.92 Å². The number of alkyl halides is 2. The highest BCUT2D eigenvalue weighted by Crippen LogP contribution is 2.23. The topological polar surface area (TPSA) is 72.9 Å². The van der Waals surface area contributed by atoms with Crippen molar-refractivity contribution in [2.45, 2.75) is 31.3 Å². The fraction of sp³-hybridized carbons (Fsp3) is 0.350. The Morgan fingerprint density at radius 1 is 1.17 bits per heavy atom. The van der Waals surface area contributed by atoms with Gasteiger partial charge in [-0.1, -0.05) is 12.1 Å². The van der Waals surface area contributed by atoms with Gasteiger partial charge in [-0.2, -0.15) is 8.42 Å². The van der Waals surface area contributed by atoms with Gasteiger partial charge in [0.15, 0.2) is 0 Å². The lowest BCUT2D eigenvalue weighted by molar-refractivity contribution is -0.0942. The Hall–Kier alpha value is -2.52. The van der Waals surface area contributed by atoms with Crippen LogP contribution in [0.4, 0.5) is 8.78 Å². The number of hydrogen-bond acceptors (Lipinski definition) is 5. The first kappa shape index (κ1) is 21.2. The molecule has 0 unspecified atom stereocenters. The molecule has 0 N–H and O–H groups in total. The van der Waals surface area contributed by atoms with Crippen molar-refractivity contribution in [3.63, 3.8) is 0 Å². The molecule has 1 fully saturated rings. The molecule has 1 amide bonds. The van der Waals surface area contributed by atoms with Gasteiger partial charge in [0.05, 0.1) is 13.2 Å². The van der Waals surface area contributed by atoms with Crippen molar-refractivity contribution in [1.29, 1.82) is 0 Å². The van der Waals surface area contributed by atoms with Gasteiger partial charge in [-0.15, -0.1) is 0 Å². The van der Waals surface area contributed by atoms with Crippen molar-refractivity contribution >= 4 is 16.0 Å². The number of aryl methyl sites for hydroxylation is 2. The maximum absolute atomic E-state index is 12.8. The minimum absolute atomic E-state index is 0.0377. The average molecular weight is 425 g/mol. The van der Waals surface area contributed by atoms with E-state index in [1.165, 1.54) is 35.2 Å². The fourth-order valence-corrected chi connectivity index (χ4v) is 4.24.